The maximum Gasteiger partial charge on any atom is 0.134 e. The number of aromatic nitrogens is 2. The zero-order valence-corrected chi connectivity index (χ0v) is 17.3. The minimum atomic E-state index is 0.426. The van der Waals surface area contributed by atoms with Crippen LogP contribution in [0.2, 0.25) is 0 Å². The van der Waals surface area contributed by atoms with E-state index >= 15 is 0 Å². The summed E-state index contributed by atoms with van der Waals surface area (Å²) in [6.45, 7) is 9.67. The van der Waals surface area contributed by atoms with Gasteiger partial charge >= 0.3 is 0 Å². The van der Waals surface area contributed by atoms with E-state index in [2.05, 4.69) is 77.9 Å². The molecule has 2 fully saturated rings. The number of ether oxygens (including phenoxy) is 1. The highest BCUT2D eigenvalue weighted by Crippen LogP contribution is 2.25. The monoisotopic (exact) mass is 431 g/mol. The molecule has 0 amide bonds. The quantitative estimate of drug-likeness (QED) is 0.741. The Balaban J connectivity index is 1.38. The summed E-state index contributed by atoms with van der Waals surface area (Å²) < 4.78 is 6.57. The van der Waals surface area contributed by atoms with E-state index < -0.39 is 0 Å². The molecule has 2 aliphatic rings. The molecule has 27 heavy (non-hydrogen) atoms. The van der Waals surface area contributed by atoms with E-state index in [1.807, 2.05) is 0 Å². The zero-order chi connectivity index (χ0) is 18.6. The van der Waals surface area contributed by atoms with Crippen LogP contribution in [0, 0.1) is 0 Å². The van der Waals surface area contributed by atoms with Gasteiger partial charge in [-0.1, -0.05) is 28.1 Å². The Bertz CT molecular complexity index is 742. The molecule has 4 rings (SSSR count). The lowest BCUT2D eigenvalue weighted by Crippen LogP contribution is -2.47. The summed E-state index contributed by atoms with van der Waals surface area (Å²) in [4.78, 5) is 16.2. The third kappa shape index (κ3) is 4.42. The first-order valence-corrected chi connectivity index (χ1v) is 10.4. The lowest BCUT2D eigenvalue weighted by Gasteiger charge is -2.39. The third-order valence-electron chi connectivity index (χ3n) is 5.51. The van der Waals surface area contributed by atoms with Crippen LogP contribution in [-0.2, 0) is 4.74 Å². The molecular weight excluding hydrogens is 406 g/mol. The molecule has 144 valence electrons. The maximum absolute atomic E-state index is 5.44. The average molecular weight is 432 g/mol. The number of hydrogen-bond donors (Lipinski definition) is 0. The minimum Gasteiger partial charge on any atom is -0.378 e. The Labute approximate surface area is 169 Å². The minimum absolute atomic E-state index is 0.426. The van der Waals surface area contributed by atoms with Crippen molar-refractivity contribution in [2.75, 3.05) is 62.3 Å². The average Bonchev–Trinajstić information content (AvgIpc) is 2.75. The Hall–Kier alpha value is -1.70. The fraction of sp³-hybridized carbons (Fsp3) is 0.500. The summed E-state index contributed by atoms with van der Waals surface area (Å²) >= 11 is 3.52. The van der Waals surface area contributed by atoms with E-state index in [9.17, 15) is 0 Å². The lowest BCUT2D eigenvalue weighted by atomic mass is 10.1. The largest absolute Gasteiger partial charge is 0.378 e. The summed E-state index contributed by atoms with van der Waals surface area (Å²) in [7, 11) is 0. The SMILES string of the molecule is CC(c1ccc(Br)cc1)N1CCN(c2cc(N3CCOCC3)ncn2)CC1. The highest BCUT2D eigenvalue weighted by Gasteiger charge is 2.23. The van der Waals surface area contributed by atoms with Crippen LogP contribution >= 0.6 is 15.9 Å². The van der Waals surface area contributed by atoms with Gasteiger partial charge in [0.2, 0.25) is 0 Å². The van der Waals surface area contributed by atoms with E-state index in [1.165, 1.54) is 5.56 Å². The molecule has 0 radical (unpaired) electrons. The van der Waals surface area contributed by atoms with Crippen molar-refractivity contribution in [1.29, 1.82) is 0 Å². The van der Waals surface area contributed by atoms with Gasteiger partial charge in [-0.3, -0.25) is 4.90 Å². The molecule has 3 heterocycles. The van der Waals surface area contributed by atoms with Crippen LogP contribution in [0.25, 0.3) is 0 Å². The van der Waals surface area contributed by atoms with E-state index in [-0.39, 0.29) is 0 Å². The zero-order valence-electron chi connectivity index (χ0n) is 15.7. The first kappa shape index (κ1) is 18.7. The number of rotatable bonds is 4. The molecular formula is C20H26BrN5O. The van der Waals surface area contributed by atoms with Gasteiger partial charge < -0.3 is 14.5 Å². The van der Waals surface area contributed by atoms with Gasteiger partial charge in [-0.2, -0.15) is 0 Å². The van der Waals surface area contributed by atoms with Crippen LogP contribution in [0.5, 0.6) is 0 Å². The smallest absolute Gasteiger partial charge is 0.134 e. The standard InChI is InChI=1S/C20H26BrN5O/c1-16(17-2-4-18(21)5-3-17)24-6-8-25(9-7-24)19-14-20(23-15-22-19)26-10-12-27-13-11-26/h2-5,14-16H,6-13H2,1H3. The van der Waals surface area contributed by atoms with Gasteiger partial charge in [-0.15, -0.1) is 0 Å². The van der Waals surface area contributed by atoms with E-state index in [4.69, 9.17) is 4.74 Å². The maximum atomic E-state index is 5.44. The van der Waals surface area contributed by atoms with Gasteiger partial charge in [0.25, 0.3) is 0 Å². The van der Waals surface area contributed by atoms with Crippen LogP contribution in [0.1, 0.15) is 18.5 Å². The number of benzene rings is 1. The fourth-order valence-corrected chi connectivity index (χ4v) is 4.03. The van der Waals surface area contributed by atoms with Crippen molar-refractivity contribution >= 4 is 27.6 Å². The van der Waals surface area contributed by atoms with Crippen molar-refractivity contribution in [1.82, 2.24) is 14.9 Å². The molecule has 0 bridgehead atoms. The molecule has 0 spiro atoms. The van der Waals surface area contributed by atoms with Crippen LogP contribution < -0.4 is 9.80 Å². The first-order chi connectivity index (χ1) is 13.2. The summed E-state index contributed by atoms with van der Waals surface area (Å²) in [5, 5.41) is 0. The van der Waals surface area contributed by atoms with E-state index in [0.29, 0.717) is 6.04 Å². The molecule has 7 heteroatoms. The molecule has 2 aromatic rings. The number of piperazine rings is 1. The third-order valence-corrected chi connectivity index (χ3v) is 6.04. The Kier molecular flexibility index (Phi) is 5.90. The number of halogens is 1. The van der Waals surface area contributed by atoms with Crippen LogP contribution in [0.15, 0.2) is 41.1 Å². The molecule has 2 aliphatic heterocycles. The van der Waals surface area contributed by atoms with Gasteiger partial charge in [0, 0.05) is 55.8 Å². The van der Waals surface area contributed by atoms with Crippen molar-refractivity contribution < 1.29 is 4.74 Å². The van der Waals surface area contributed by atoms with Crippen molar-refractivity contribution in [3.63, 3.8) is 0 Å². The van der Waals surface area contributed by atoms with E-state index in [1.54, 1.807) is 6.33 Å². The predicted octanol–water partition coefficient (Wildman–Crippen LogP) is 2.96. The number of anilines is 2. The highest BCUT2D eigenvalue weighted by molar-refractivity contribution is 9.10. The first-order valence-electron chi connectivity index (χ1n) is 9.60. The molecule has 0 saturated carbocycles. The number of nitrogens with zero attached hydrogens (tertiary/aromatic N) is 5. The fourth-order valence-electron chi connectivity index (χ4n) is 3.77. The molecule has 1 unspecified atom stereocenters. The molecule has 0 N–H and O–H groups in total. The molecule has 1 aromatic carbocycles. The van der Waals surface area contributed by atoms with Gasteiger partial charge in [0.05, 0.1) is 13.2 Å². The normalized spacial score (nSPS) is 19.9. The van der Waals surface area contributed by atoms with Gasteiger partial charge in [-0.25, -0.2) is 9.97 Å². The number of hydrogen-bond acceptors (Lipinski definition) is 6. The summed E-state index contributed by atoms with van der Waals surface area (Å²) in [6.07, 6.45) is 1.69. The van der Waals surface area contributed by atoms with Crippen molar-refractivity contribution in [3.8, 4) is 0 Å². The van der Waals surface area contributed by atoms with Gasteiger partial charge in [0.1, 0.15) is 18.0 Å². The highest BCUT2D eigenvalue weighted by atomic mass is 79.9. The summed E-state index contributed by atoms with van der Waals surface area (Å²) in [6, 6.07) is 11.2. The molecule has 1 aromatic heterocycles. The van der Waals surface area contributed by atoms with Crippen LogP contribution in [0.3, 0.4) is 0 Å². The van der Waals surface area contributed by atoms with Crippen molar-refractivity contribution in [3.05, 3.63) is 46.7 Å². The summed E-state index contributed by atoms with van der Waals surface area (Å²) in [5.74, 6) is 2.04. The number of morpholine rings is 1. The van der Waals surface area contributed by atoms with Gasteiger partial charge in [-0.05, 0) is 24.6 Å². The van der Waals surface area contributed by atoms with Crippen LogP contribution in [-0.4, -0.2) is 67.4 Å². The Morgan fingerprint density at radius 1 is 0.889 bits per heavy atom. The van der Waals surface area contributed by atoms with E-state index in [0.717, 1.165) is 68.6 Å². The second kappa shape index (κ2) is 8.54. The van der Waals surface area contributed by atoms with Crippen molar-refractivity contribution in [2.24, 2.45) is 0 Å². The predicted molar refractivity (Wildman–Crippen MR) is 111 cm³/mol. The Morgan fingerprint density at radius 3 is 2.11 bits per heavy atom. The van der Waals surface area contributed by atoms with Crippen LogP contribution in [0.4, 0.5) is 11.6 Å². The molecule has 2 saturated heterocycles. The summed E-state index contributed by atoms with van der Waals surface area (Å²) in [5.41, 5.74) is 1.36. The molecule has 6 nitrogen and oxygen atoms in total. The second-order valence-corrected chi connectivity index (χ2v) is 8.00. The Morgan fingerprint density at radius 2 is 1.48 bits per heavy atom. The lowest BCUT2D eigenvalue weighted by molar-refractivity contribution is 0.122. The second-order valence-electron chi connectivity index (χ2n) is 7.08. The molecule has 0 aliphatic carbocycles. The topological polar surface area (TPSA) is 44.7 Å². The van der Waals surface area contributed by atoms with Crippen molar-refractivity contribution in [2.45, 2.75) is 13.0 Å². The van der Waals surface area contributed by atoms with Gasteiger partial charge in [0.15, 0.2) is 0 Å². The molecule has 1 atom stereocenters.